The van der Waals surface area contributed by atoms with E-state index in [1.54, 1.807) is 12.1 Å². The lowest BCUT2D eigenvalue weighted by Crippen LogP contribution is -2.43. The highest BCUT2D eigenvalue weighted by molar-refractivity contribution is 5.89. The average molecular weight is 261 g/mol. The van der Waals surface area contributed by atoms with Gasteiger partial charge in [-0.2, -0.15) is 0 Å². The van der Waals surface area contributed by atoms with Crippen LogP contribution in [0.1, 0.15) is 36.0 Å². The summed E-state index contributed by atoms with van der Waals surface area (Å²) in [7, 11) is 2.17. The SMILES string of the molecule is CN1[C@@H]2CC[C@@H]1CC(OC(=O)c1ccc(O)cc1)C2. The van der Waals surface area contributed by atoms with Crippen LogP contribution in [0.5, 0.6) is 5.75 Å². The minimum Gasteiger partial charge on any atom is -0.508 e. The molecule has 2 aliphatic rings. The van der Waals surface area contributed by atoms with Gasteiger partial charge in [-0.25, -0.2) is 4.79 Å². The van der Waals surface area contributed by atoms with E-state index in [9.17, 15) is 9.90 Å². The molecule has 102 valence electrons. The van der Waals surface area contributed by atoms with E-state index >= 15 is 0 Å². The lowest BCUT2D eigenvalue weighted by molar-refractivity contribution is -0.000447. The second-order valence-corrected chi connectivity index (χ2v) is 5.60. The Morgan fingerprint density at radius 1 is 1.21 bits per heavy atom. The molecule has 2 bridgehead atoms. The predicted molar refractivity (Wildman–Crippen MR) is 71.1 cm³/mol. The molecule has 0 saturated carbocycles. The molecule has 1 aromatic rings. The van der Waals surface area contributed by atoms with E-state index in [1.807, 2.05) is 0 Å². The van der Waals surface area contributed by atoms with Crippen molar-refractivity contribution in [2.45, 2.75) is 43.9 Å². The van der Waals surface area contributed by atoms with Crippen molar-refractivity contribution in [1.29, 1.82) is 0 Å². The number of hydrogen-bond acceptors (Lipinski definition) is 4. The molecular weight excluding hydrogens is 242 g/mol. The van der Waals surface area contributed by atoms with Gasteiger partial charge in [0.2, 0.25) is 0 Å². The Kier molecular flexibility index (Phi) is 3.19. The van der Waals surface area contributed by atoms with Gasteiger partial charge in [-0.3, -0.25) is 0 Å². The Morgan fingerprint density at radius 2 is 1.79 bits per heavy atom. The Bertz CT molecular complexity index is 457. The molecule has 1 N–H and O–H groups in total. The highest BCUT2D eigenvalue weighted by Crippen LogP contribution is 2.35. The first-order chi connectivity index (χ1) is 9.13. The van der Waals surface area contributed by atoms with Gasteiger partial charge in [0.25, 0.3) is 0 Å². The molecule has 0 aromatic heterocycles. The number of ether oxygens (including phenoxy) is 1. The van der Waals surface area contributed by atoms with Gasteiger partial charge in [0.1, 0.15) is 11.9 Å². The molecule has 0 aliphatic carbocycles. The van der Waals surface area contributed by atoms with Gasteiger partial charge in [-0.05, 0) is 44.2 Å². The van der Waals surface area contributed by atoms with Crippen LogP contribution in [0, 0.1) is 0 Å². The number of phenolic OH excluding ortho intramolecular Hbond substituents is 1. The van der Waals surface area contributed by atoms with Gasteiger partial charge in [0.15, 0.2) is 0 Å². The quantitative estimate of drug-likeness (QED) is 0.829. The normalized spacial score (nSPS) is 30.3. The molecule has 0 radical (unpaired) electrons. The average Bonchev–Trinajstić information content (AvgIpc) is 2.63. The molecule has 1 aromatic carbocycles. The summed E-state index contributed by atoms with van der Waals surface area (Å²) in [5.74, 6) is -0.122. The number of rotatable bonds is 2. The summed E-state index contributed by atoms with van der Waals surface area (Å²) in [5, 5.41) is 9.21. The summed E-state index contributed by atoms with van der Waals surface area (Å²) < 4.78 is 5.60. The number of fused-ring (bicyclic) bond motifs is 2. The van der Waals surface area contributed by atoms with Gasteiger partial charge in [0.05, 0.1) is 5.56 Å². The summed E-state index contributed by atoms with van der Waals surface area (Å²) in [6, 6.07) is 7.35. The Balaban J connectivity index is 1.63. The van der Waals surface area contributed by atoms with E-state index < -0.39 is 0 Å². The Morgan fingerprint density at radius 3 is 2.37 bits per heavy atom. The smallest absolute Gasteiger partial charge is 0.338 e. The third-order valence-corrected chi connectivity index (χ3v) is 4.43. The molecular formula is C15H19NO3. The zero-order chi connectivity index (χ0) is 13.4. The number of esters is 1. The fourth-order valence-corrected chi connectivity index (χ4v) is 3.27. The molecule has 0 amide bonds. The second kappa shape index (κ2) is 4.85. The van der Waals surface area contributed by atoms with Crippen molar-refractivity contribution in [2.75, 3.05) is 7.05 Å². The van der Waals surface area contributed by atoms with Crippen LogP contribution in [-0.4, -0.2) is 41.2 Å². The number of carbonyl (C=O) groups is 1. The molecule has 0 spiro atoms. The molecule has 0 unspecified atom stereocenters. The molecule has 19 heavy (non-hydrogen) atoms. The van der Waals surface area contributed by atoms with Crippen LogP contribution in [-0.2, 0) is 4.74 Å². The minimum atomic E-state index is -0.283. The first-order valence-electron chi connectivity index (χ1n) is 6.85. The number of piperidine rings is 1. The van der Waals surface area contributed by atoms with E-state index in [4.69, 9.17) is 4.74 Å². The van der Waals surface area contributed by atoms with Gasteiger partial charge in [-0.1, -0.05) is 0 Å². The number of aromatic hydroxyl groups is 1. The molecule has 2 atom stereocenters. The molecule has 2 saturated heterocycles. The highest BCUT2D eigenvalue weighted by atomic mass is 16.5. The summed E-state index contributed by atoms with van der Waals surface area (Å²) in [6.07, 6.45) is 4.35. The van der Waals surface area contributed by atoms with E-state index in [1.165, 1.54) is 25.0 Å². The van der Waals surface area contributed by atoms with Crippen molar-refractivity contribution >= 4 is 5.97 Å². The van der Waals surface area contributed by atoms with Crippen LogP contribution in [0.15, 0.2) is 24.3 Å². The first kappa shape index (κ1) is 12.5. The summed E-state index contributed by atoms with van der Waals surface area (Å²) >= 11 is 0. The topological polar surface area (TPSA) is 49.8 Å². The molecule has 2 heterocycles. The molecule has 4 nitrogen and oxygen atoms in total. The van der Waals surface area contributed by atoms with E-state index in [-0.39, 0.29) is 17.8 Å². The standard InChI is InChI=1S/C15H19NO3/c1-16-11-4-5-12(16)9-14(8-11)19-15(18)10-2-6-13(17)7-3-10/h2-3,6-7,11-12,14,17H,4-5,8-9H2,1H3/t11-,12-/m1/s1. The number of benzene rings is 1. The van der Waals surface area contributed by atoms with E-state index in [0.717, 1.165) is 12.8 Å². The molecule has 4 heteroatoms. The van der Waals surface area contributed by atoms with Gasteiger partial charge in [-0.15, -0.1) is 0 Å². The van der Waals surface area contributed by atoms with E-state index in [0.29, 0.717) is 17.6 Å². The summed E-state index contributed by atoms with van der Waals surface area (Å²) in [4.78, 5) is 14.4. The fourth-order valence-electron chi connectivity index (χ4n) is 3.27. The second-order valence-electron chi connectivity index (χ2n) is 5.60. The highest BCUT2D eigenvalue weighted by Gasteiger charge is 2.39. The van der Waals surface area contributed by atoms with Crippen molar-refractivity contribution in [3.8, 4) is 5.75 Å². The van der Waals surface area contributed by atoms with Gasteiger partial charge < -0.3 is 14.7 Å². The monoisotopic (exact) mass is 261 g/mol. The lowest BCUT2D eigenvalue weighted by Gasteiger charge is -2.35. The zero-order valence-corrected chi connectivity index (χ0v) is 11.1. The van der Waals surface area contributed by atoms with Crippen LogP contribution < -0.4 is 0 Å². The number of phenols is 1. The van der Waals surface area contributed by atoms with Crippen LogP contribution in [0.3, 0.4) is 0 Å². The maximum atomic E-state index is 12.0. The number of hydrogen-bond donors (Lipinski definition) is 1. The third-order valence-electron chi connectivity index (χ3n) is 4.43. The van der Waals surface area contributed by atoms with Crippen LogP contribution in [0.2, 0.25) is 0 Å². The minimum absolute atomic E-state index is 0.0370. The largest absolute Gasteiger partial charge is 0.508 e. The predicted octanol–water partition coefficient (Wildman–Crippen LogP) is 2.17. The molecule has 3 rings (SSSR count). The van der Waals surface area contributed by atoms with Crippen molar-refractivity contribution in [2.24, 2.45) is 0 Å². The van der Waals surface area contributed by atoms with Gasteiger partial charge >= 0.3 is 5.97 Å². The van der Waals surface area contributed by atoms with Crippen LogP contribution in [0.4, 0.5) is 0 Å². The van der Waals surface area contributed by atoms with Crippen molar-refractivity contribution in [3.63, 3.8) is 0 Å². The van der Waals surface area contributed by atoms with Crippen LogP contribution >= 0.6 is 0 Å². The Labute approximate surface area is 113 Å². The van der Waals surface area contributed by atoms with E-state index in [2.05, 4.69) is 11.9 Å². The fraction of sp³-hybridized carbons (Fsp3) is 0.533. The number of carbonyl (C=O) groups excluding carboxylic acids is 1. The van der Waals surface area contributed by atoms with Crippen molar-refractivity contribution < 1.29 is 14.6 Å². The lowest BCUT2D eigenvalue weighted by atomic mass is 10.0. The number of nitrogens with zero attached hydrogens (tertiary/aromatic N) is 1. The zero-order valence-electron chi connectivity index (χ0n) is 11.1. The Hall–Kier alpha value is -1.55. The maximum Gasteiger partial charge on any atom is 0.338 e. The summed E-state index contributed by atoms with van der Waals surface area (Å²) in [6.45, 7) is 0. The third kappa shape index (κ3) is 2.45. The molecule has 2 fully saturated rings. The molecule has 2 aliphatic heterocycles. The summed E-state index contributed by atoms with van der Waals surface area (Å²) in [5.41, 5.74) is 0.504. The van der Waals surface area contributed by atoms with Crippen molar-refractivity contribution in [1.82, 2.24) is 4.90 Å². The van der Waals surface area contributed by atoms with Gasteiger partial charge in [0, 0.05) is 24.9 Å². The first-order valence-corrected chi connectivity index (χ1v) is 6.85. The van der Waals surface area contributed by atoms with Crippen molar-refractivity contribution in [3.05, 3.63) is 29.8 Å². The van der Waals surface area contributed by atoms with Crippen LogP contribution in [0.25, 0.3) is 0 Å². The maximum absolute atomic E-state index is 12.0.